The van der Waals surface area contributed by atoms with E-state index >= 15 is 0 Å². The van der Waals surface area contributed by atoms with Crippen LogP contribution in [-0.2, 0) is 6.42 Å². The maximum atomic E-state index is 13.3. The molecule has 0 amide bonds. The Kier molecular flexibility index (Phi) is 3.82. The van der Waals surface area contributed by atoms with Gasteiger partial charge in [-0.3, -0.25) is 0 Å². The van der Waals surface area contributed by atoms with Crippen molar-refractivity contribution in [3.63, 3.8) is 0 Å². The van der Waals surface area contributed by atoms with Crippen molar-refractivity contribution in [3.05, 3.63) is 58.8 Å². The third kappa shape index (κ3) is 2.87. The minimum atomic E-state index is -0.390. The minimum Gasteiger partial charge on any atom is -0.468 e. The van der Waals surface area contributed by atoms with E-state index in [0.717, 1.165) is 11.3 Å². The number of halogens is 2. The largest absolute Gasteiger partial charge is 0.468 e. The van der Waals surface area contributed by atoms with Crippen molar-refractivity contribution in [3.8, 4) is 0 Å². The molecule has 0 bridgehead atoms. The summed E-state index contributed by atoms with van der Waals surface area (Å²) in [4.78, 5) is 0. The molecule has 0 fully saturated rings. The molecule has 0 aliphatic heterocycles. The standard InChI is InChI=1S/C13H13ClFNO/c1-16-12(13-3-2-6-17-13)8-9-4-5-10(14)11(15)7-9/h2-7,12,16H,8H2,1H3. The van der Waals surface area contributed by atoms with Crippen LogP contribution in [0.25, 0.3) is 0 Å². The lowest BCUT2D eigenvalue weighted by molar-refractivity contribution is 0.429. The van der Waals surface area contributed by atoms with Gasteiger partial charge in [-0.05, 0) is 43.3 Å². The number of likely N-dealkylation sites (N-methyl/N-ethyl adjacent to an activating group) is 1. The van der Waals surface area contributed by atoms with Crippen LogP contribution >= 0.6 is 11.6 Å². The Morgan fingerprint density at radius 1 is 1.41 bits per heavy atom. The third-order valence-electron chi connectivity index (χ3n) is 2.66. The smallest absolute Gasteiger partial charge is 0.142 e. The second-order valence-corrected chi connectivity index (χ2v) is 4.22. The molecule has 0 radical (unpaired) electrons. The van der Waals surface area contributed by atoms with E-state index < -0.39 is 5.82 Å². The summed E-state index contributed by atoms with van der Waals surface area (Å²) in [7, 11) is 1.85. The van der Waals surface area contributed by atoms with Crippen molar-refractivity contribution in [2.75, 3.05) is 7.05 Å². The normalized spacial score (nSPS) is 12.6. The molecule has 2 nitrogen and oxygen atoms in total. The molecular formula is C13H13ClFNO. The fourth-order valence-corrected chi connectivity index (χ4v) is 1.85. The lowest BCUT2D eigenvalue weighted by Gasteiger charge is -2.13. The highest BCUT2D eigenvalue weighted by Crippen LogP contribution is 2.21. The first-order chi connectivity index (χ1) is 8.20. The molecule has 1 aromatic heterocycles. The van der Waals surface area contributed by atoms with Crippen LogP contribution < -0.4 is 5.32 Å². The summed E-state index contributed by atoms with van der Waals surface area (Å²) in [5, 5.41) is 3.28. The van der Waals surface area contributed by atoms with E-state index in [2.05, 4.69) is 5.32 Å². The van der Waals surface area contributed by atoms with Crippen LogP contribution in [0.15, 0.2) is 41.0 Å². The molecule has 4 heteroatoms. The van der Waals surface area contributed by atoms with Crippen LogP contribution in [0.2, 0.25) is 5.02 Å². The average molecular weight is 254 g/mol. The molecule has 0 aliphatic rings. The fraction of sp³-hybridized carbons (Fsp3) is 0.231. The van der Waals surface area contributed by atoms with E-state index in [-0.39, 0.29) is 11.1 Å². The molecular weight excluding hydrogens is 241 g/mol. The Bertz CT molecular complexity index is 484. The summed E-state index contributed by atoms with van der Waals surface area (Å²) in [6.45, 7) is 0. The first kappa shape index (κ1) is 12.1. The predicted octanol–water partition coefficient (Wildman–Crippen LogP) is 3.58. The zero-order valence-corrected chi connectivity index (χ0v) is 10.2. The van der Waals surface area contributed by atoms with Gasteiger partial charge in [0.05, 0.1) is 17.3 Å². The zero-order valence-electron chi connectivity index (χ0n) is 9.41. The van der Waals surface area contributed by atoms with Crippen LogP contribution in [-0.4, -0.2) is 7.05 Å². The van der Waals surface area contributed by atoms with Gasteiger partial charge in [-0.2, -0.15) is 0 Å². The Morgan fingerprint density at radius 3 is 2.82 bits per heavy atom. The topological polar surface area (TPSA) is 25.2 Å². The second-order valence-electron chi connectivity index (χ2n) is 3.81. The van der Waals surface area contributed by atoms with Crippen molar-refractivity contribution >= 4 is 11.6 Å². The number of benzene rings is 1. The molecule has 1 unspecified atom stereocenters. The summed E-state index contributed by atoms with van der Waals surface area (Å²) in [5.41, 5.74) is 0.877. The van der Waals surface area contributed by atoms with Gasteiger partial charge in [0.2, 0.25) is 0 Å². The molecule has 0 spiro atoms. The highest BCUT2D eigenvalue weighted by molar-refractivity contribution is 6.30. The number of rotatable bonds is 4. The monoisotopic (exact) mass is 253 g/mol. The van der Waals surface area contributed by atoms with Gasteiger partial charge in [0.15, 0.2) is 0 Å². The maximum absolute atomic E-state index is 13.3. The summed E-state index contributed by atoms with van der Waals surface area (Å²) in [5.74, 6) is 0.446. The van der Waals surface area contributed by atoms with E-state index in [1.807, 2.05) is 25.2 Å². The molecule has 0 saturated carbocycles. The minimum absolute atomic E-state index is 0.0329. The van der Waals surface area contributed by atoms with Gasteiger partial charge in [0, 0.05) is 0 Å². The van der Waals surface area contributed by atoms with Crippen molar-refractivity contribution in [1.29, 1.82) is 0 Å². The SMILES string of the molecule is CNC(Cc1ccc(Cl)c(F)c1)c1ccco1. The van der Waals surface area contributed by atoms with Gasteiger partial charge in [-0.25, -0.2) is 4.39 Å². The Hall–Kier alpha value is -1.32. The van der Waals surface area contributed by atoms with Gasteiger partial charge < -0.3 is 9.73 Å². The molecule has 90 valence electrons. The summed E-state index contributed by atoms with van der Waals surface area (Å²) in [6.07, 6.45) is 2.28. The first-order valence-electron chi connectivity index (χ1n) is 5.35. The molecule has 0 aliphatic carbocycles. The van der Waals surface area contributed by atoms with Gasteiger partial charge in [0.25, 0.3) is 0 Å². The van der Waals surface area contributed by atoms with Gasteiger partial charge in [0.1, 0.15) is 11.6 Å². The number of hydrogen-bond donors (Lipinski definition) is 1. The maximum Gasteiger partial charge on any atom is 0.142 e. The van der Waals surface area contributed by atoms with E-state index in [4.69, 9.17) is 16.0 Å². The van der Waals surface area contributed by atoms with Crippen LogP contribution in [0, 0.1) is 5.82 Å². The van der Waals surface area contributed by atoms with Crippen LogP contribution in [0.3, 0.4) is 0 Å². The molecule has 1 aromatic carbocycles. The number of hydrogen-bond acceptors (Lipinski definition) is 2. The van der Waals surface area contributed by atoms with E-state index in [9.17, 15) is 4.39 Å². The van der Waals surface area contributed by atoms with Crippen LogP contribution in [0.4, 0.5) is 4.39 Å². The molecule has 1 atom stereocenters. The van der Waals surface area contributed by atoms with E-state index in [1.54, 1.807) is 12.3 Å². The third-order valence-corrected chi connectivity index (χ3v) is 2.97. The predicted molar refractivity (Wildman–Crippen MR) is 65.6 cm³/mol. The molecule has 1 heterocycles. The van der Waals surface area contributed by atoms with Crippen molar-refractivity contribution < 1.29 is 8.81 Å². The molecule has 17 heavy (non-hydrogen) atoms. The first-order valence-corrected chi connectivity index (χ1v) is 5.73. The summed E-state index contributed by atoms with van der Waals surface area (Å²) >= 11 is 5.64. The zero-order chi connectivity index (χ0) is 12.3. The van der Waals surface area contributed by atoms with Gasteiger partial charge in [-0.1, -0.05) is 17.7 Å². The molecule has 2 aromatic rings. The fourth-order valence-electron chi connectivity index (χ4n) is 1.74. The quantitative estimate of drug-likeness (QED) is 0.901. The summed E-state index contributed by atoms with van der Waals surface area (Å²) in [6, 6.07) is 8.61. The number of furan rings is 1. The van der Waals surface area contributed by atoms with E-state index in [1.165, 1.54) is 6.07 Å². The number of nitrogens with one attached hydrogen (secondary N) is 1. The van der Waals surface area contributed by atoms with Gasteiger partial charge in [-0.15, -0.1) is 0 Å². The van der Waals surface area contributed by atoms with Crippen molar-refractivity contribution in [1.82, 2.24) is 5.32 Å². The van der Waals surface area contributed by atoms with E-state index in [0.29, 0.717) is 6.42 Å². The lowest BCUT2D eigenvalue weighted by Crippen LogP contribution is -2.18. The molecule has 2 rings (SSSR count). The van der Waals surface area contributed by atoms with Gasteiger partial charge >= 0.3 is 0 Å². The second kappa shape index (κ2) is 5.34. The summed E-state index contributed by atoms with van der Waals surface area (Å²) < 4.78 is 18.6. The van der Waals surface area contributed by atoms with Crippen LogP contribution in [0.1, 0.15) is 17.4 Å². The average Bonchev–Trinajstić information content (AvgIpc) is 2.84. The Morgan fingerprint density at radius 2 is 2.24 bits per heavy atom. The van der Waals surface area contributed by atoms with Crippen molar-refractivity contribution in [2.24, 2.45) is 0 Å². The Balaban J connectivity index is 2.16. The highest BCUT2D eigenvalue weighted by atomic mass is 35.5. The highest BCUT2D eigenvalue weighted by Gasteiger charge is 2.13. The Labute approximate surface area is 104 Å². The molecule has 1 N–H and O–H groups in total. The van der Waals surface area contributed by atoms with Crippen molar-refractivity contribution in [2.45, 2.75) is 12.5 Å². The van der Waals surface area contributed by atoms with Crippen LogP contribution in [0.5, 0.6) is 0 Å². The molecule has 0 saturated heterocycles. The lowest BCUT2D eigenvalue weighted by atomic mass is 10.0.